The van der Waals surface area contributed by atoms with Crippen molar-refractivity contribution >= 4 is 43.9 Å². The molecule has 9 heteroatoms. The van der Waals surface area contributed by atoms with Crippen molar-refractivity contribution in [2.24, 2.45) is 0 Å². The van der Waals surface area contributed by atoms with Gasteiger partial charge in [0.1, 0.15) is 0 Å². The van der Waals surface area contributed by atoms with Gasteiger partial charge in [0.15, 0.2) is 0 Å². The quantitative estimate of drug-likeness (QED) is 0.245. The number of aromatic nitrogens is 2. The van der Waals surface area contributed by atoms with Gasteiger partial charge in [0.05, 0.1) is 0 Å². The van der Waals surface area contributed by atoms with E-state index in [4.69, 9.17) is 9.16 Å². The number of ether oxygens (including phenoxy) is 1. The summed E-state index contributed by atoms with van der Waals surface area (Å²) in [5.41, 5.74) is -0.531. The van der Waals surface area contributed by atoms with Gasteiger partial charge in [-0.2, -0.15) is 0 Å². The molecule has 4 aromatic rings. The Morgan fingerprint density at radius 2 is 1.56 bits per heavy atom. The van der Waals surface area contributed by atoms with E-state index in [1.165, 1.54) is 25.6 Å². The molecule has 6 nitrogen and oxygen atoms in total. The first-order valence-electron chi connectivity index (χ1n) is 14.8. The van der Waals surface area contributed by atoms with Crippen LogP contribution in [0.15, 0.2) is 102 Å². The van der Waals surface area contributed by atoms with Crippen LogP contribution < -0.4 is 25.8 Å². The van der Waals surface area contributed by atoms with Crippen molar-refractivity contribution in [2.75, 3.05) is 11.9 Å². The molecule has 0 amide bonds. The molecular weight excluding hydrogens is 624 g/mol. The normalized spacial score (nSPS) is 19.1. The molecule has 3 aromatic carbocycles. The standard InChI is InChI=1S/C34H40FN3O3SeSi/c1-24(2)36-31-29(35)22-38(33(39)37-31)32-30(42-26-15-9-6-10-16-26)21-25(41-32)23-40-43(34(3,4)5,27-17-11-7-12-18-27)28-19-13-8-14-20-28/h6-20,22,24-25,30,32H,21,23H2,1-5H3,(H,36,37,39)/t25-,30+,32?/m0/s1. The van der Waals surface area contributed by atoms with Crippen molar-refractivity contribution in [3.8, 4) is 0 Å². The van der Waals surface area contributed by atoms with Crippen LogP contribution in [-0.4, -0.2) is 51.6 Å². The van der Waals surface area contributed by atoms with Crippen molar-refractivity contribution in [3.63, 3.8) is 0 Å². The monoisotopic (exact) mass is 665 g/mol. The molecule has 1 aliphatic rings. The average Bonchev–Trinajstić information content (AvgIpc) is 3.38. The summed E-state index contributed by atoms with van der Waals surface area (Å²) in [4.78, 5) is 17.3. The van der Waals surface area contributed by atoms with Crippen LogP contribution in [0, 0.1) is 5.82 Å². The summed E-state index contributed by atoms with van der Waals surface area (Å²) < 4.78 is 31.5. The molecule has 0 spiro atoms. The summed E-state index contributed by atoms with van der Waals surface area (Å²) in [5, 5.41) is 5.14. The van der Waals surface area contributed by atoms with Gasteiger partial charge in [-0.3, -0.25) is 0 Å². The summed E-state index contributed by atoms with van der Waals surface area (Å²) in [7, 11) is -2.78. The molecule has 0 bridgehead atoms. The van der Waals surface area contributed by atoms with E-state index in [0.29, 0.717) is 13.0 Å². The molecule has 1 aliphatic heterocycles. The number of hydrogen-bond donors (Lipinski definition) is 1. The second-order valence-electron chi connectivity index (χ2n) is 12.3. The number of nitrogens with one attached hydrogen (secondary N) is 1. The van der Waals surface area contributed by atoms with Crippen molar-refractivity contribution in [3.05, 3.63) is 113 Å². The van der Waals surface area contributed by atoms with Crippen molar-refractivity contribution in [2.45, 2.75) is 69.3 Å². The molecule has 0 saturated carbocycles. The third-order valence-corrected chi connectivity index (χ3v) is 15.4. The number of anilines is 1. The topological polar surface area (TPSA) is 65.4 Å². The van der Waals surface area contributed by atoms with E-state index in [0.717, 1.165) is 0 Å². The fourth-order valence-electron chi connectivity index (χ4n) is 5.83. The van der Waals surface area contributed by atoms with E-state index in [1.807, 2.05) is 44.2 Å². The van der Waals surface area contributed by atoms with E-state index in [1.54, 1.807) is 0 Å². The van der Waals surface area contributed by atoms with Crippen LogP contribution in [0.5, 0.6) is 0 Å². The Morgan fingerprint density at radius 1 is 1.00 bits per heavy atom. The Balaban J connectivity index is 1.48. The van der Waals surface area contributed by atoms with E-state index in [9.17, 15) is 4.79 Å². The molecule has 3 atom stereocenters. The van der Waals surface area contributed by atoms with Crippen LogP contribution >= 0.6 is 0 Å². The van der Waals surface area contributed by atoms with Crippen LogP contribution in [0.3, 0.4) is 0 Å². The number of benzene rings is 3. The van der Waals surface area contributed by atoms with E-state index in [-0.39, 0.29) is 42.8 Å². The number of nitrogens with zero attached hydrogens (tertiary/aromatic N) is 2. The minimum absolute atomic E-state index is 0.00883. The summed E-state index contributed by atoms with van der Waals surface area (Å²) in [5.74, 6) is -0.610. The van der Waals surface area contributed by atoms with Gasteiger partial charge in [0, 0.05) is 0 Å². The first-order chi connectivity index (χ1) is 20.6. The molecule has 2 heterocycles. The van der Waals surface area contributed by atoms with Gasteiger partial charge in [0.2, 0.25) is 0 Å². The van der Waals surface area contributed by atoms with Crippen LogP contribution in [0.2, 0.25) is 9.85 Å². The zero-order chi connectivity index (χ0) is 30.6. The van der Waals surface area contributed by atoms with Gasteiger partial charge in [-0.1, -0.05) is 0 Å². The van der Waals surface area contributed by atoms with E-state index >= 15 is 4.39 Å². The molecule has 1 saturated heterocycles. The molecule has 0 aliphatic carbocycles. The average molecular weight is 665 g/mol. The fraction of sp³-hybridized carbons (Fsp3) is 0.353. The van der Waals surface area contributed by atoms with Crippen molar-refractivity contribution < 1.29 is 13.6 Å². The maximum atomic E-state index is 15.2. The first kappa shape index (κ1) is 31.4. The predicted molar refractivity (Wildman–Crippen MR) is 175 cm³/mol. The molecule has 0 radical (unpaired) electrons. The van der Waals surface area contributed by atoms with Crippen molar-refractivity contribution in [1.82, 2.24) is 9.55 Å². The summed E-state index contributed by atoms with van der Waals surface area (Å²) in [6.45, 7) is 10.9. The second-order valence-corrected chi connectivity index (χ2v) is 19.3. The van der Waals surface area contributed by atoms with Crippen LogP contribution in [-0.2, 0) is 9.16 Å². The zero-order valence-corrected chi connectivity index (χ0v) is 28.1. The van der Waals surface area contributed by atoms with Crippen LogP contribution in [0.25, 0.3) is 0 Å². The van der Waals surface area contributed by atoms with Gasteiger partial charge >= 0.3 is 262 Å². The fourth-order valence-corrected chi connectivity index (χ4v) is 13.1. The number of hydrogen-bond acceptors (Lipinski definition) is 5. The summed E-state index contributed by atoms with van der Waals surface area (Å²) >= 11 is -0.0249. The number of rotatable bonds is 10. The Morgan fingerprint density at radius 3 is 2.09 bits per heavy atom. The van der Waals surface area contributed by atoms with Crippen LogP contribution in [0.1, 0.15) is 47.3 Å². The molecule has 5 rings (SSSR count). The Labute approximate surface area is 261 Å². The van der Waals surface area contributed by atoms with Gasteiger partial charge in [-0.15, -0.1) is 0 Å². The van der Waals surface area contributed by atoms with Gasteiger partial charge in [-0.25, -0.2) is 0 Å². The third-order valence-electron chi connectivity index (χ3n) is 7.68. The number of halogens is 1. The SMILES string of the molecule is CC(C)Nc1nc(=O)n(C2O[C@H](CO[Si](c3ccccc3)(c3ccccc3)C(C)(C)C)C[C@H]2[Se]c2ccccc2)cc1F. The molecule has 43 heavy (non-hydrogen) atoms. The predicted octanol–water partition coefficient (Wildman–Crippen LogP) is 4.89. The zero-order valence-electron chi connectivity index (χ0n) is 25.4. The Kier molecular flexibility index (Phi) is 9.69. The molecule has 1 N–H and O–H groups in total. The van der Waals surface area contributed by atoms with E-state index < -0.39 is 26.1 Å². The van der Waals surface area contributed by atoms with Gasteiger partial charge in [0.25, 0.3) is 0 Å². The molecule has 1 unspecified atom stereocenters. The van der Waals surface area contributed by atoms with Crippen LogP contribution in [0.4, 0.5) is 10.2 Å². The first-order valence-corrected chi connectivity index (χ1v) is 18.5. The van der Waals surface area contributed by atoms with E-state index in [2.05, 4.69) is 91.7 Å². The molecule has 1 fully saturated rings. The Bertz CT molecular complexity index is 1510. The molecule has 1 aromatic heterocycles. The third kappa shape index (κ3) is 6.87. The summed E-state index contributed by atoms with van der Waals surface area (Å²) in [6, 6.07) is 31.2. The van der Waals surface area contributed by atoms with Crippen molar-refractivity contribution in [1.29, 1.82) is 0 Å². The van der Waals surface area contributed by atoms with Gasteiger partial charge in [-0.05, 0) is 0 Å². The maximum absolute atomic E-state index is 15.2. The Hall–Kier alpha value is -3.07. The summed E-state index contributed by atoms with van der Waals surface area (Å²) in [6.07, 6.45) is 1.02. The molecule has 226 valence electrons. The van der Waals surface area contributed by atoms with Gasteiger partial charge < -0.3 is 0 Å². The minimum atomic E-state index is -2.78. The second kappa shape index (κ2) is 13.3. The molecular formula is C34H40FN3O3SeSi.